The number of aryl methyl sites for hydroxylation is 1. The van der Waals surface area contributed by atoms with Crippen LogP contribution in [0.1, 0.15) is 42.8 Å². The molecule has 6 nitrogen and oxygen atoms in total. The first-order valence-electron chi connectivity index (χ1n) is 10.3. The number of fused-ring (bicyclic) bond motifs is 2. The van der Waals surface area contributed by atoms with E-state index >= 15 is 0 Å². The third kappa shape index (κ3) is 4.17. The van der Waals surface area contributed by atoms with Gasteiger partial charge in [-0.3, -0.25) is 4.79 Å². The molecule has 0 N–H and O–H groups in total. The van der Waals surface area contributed by atoms with E-state index in [4.69, 9.17) is 9.72 Å². The van der Waals surface area contributed by atoms with E-state index in [9.17, 15) is 4.79 Å². The maximum atomic E-state index is 12.8. The Morgan fingerprint density at radius 2 is 2.03 bits per heavy atom. The van der Waals surface area contributed by atoms with Gasteiger partial charge in [0.2, 0.25) is 5.91 Å². The first-order valence-corrected chi connectivity index (χ1v) is 10.3. The molecule has 1 aliphatic rings. The second kappa shape index (κ2) is 8.74. The number of methoxy groups -OCH3 is 1. The van der Waals surface area contributed by atoms with Gasteiger partial charge in [0, 0.05) is 39.2 Å². The van der Waals surface area contributed by atoms with Crippen LogP contribution in [-0.4, -0.2) is 45.6 Å². The van der Waals surface area contributed by atoms with E-state index in [0.717, 1.165) is 49.3 Å². The van der Waals surface area contributed by atoms with Gasteiger partial charge >= 0.3 is 0 Å². The lowest BCUT2D eigenvalue weighted by atomic mass is 9.99. The Hall–Kier alpha value is -2.73. The minimum atomic E-state index is 0.143. The molecule has 0 radical (unpaired) electrons. The quantitative estimate of drug-likeness (QED) is 0.617. The minimum Gasteiger partial charge on any atom is -0.383 e. The zero-order chi connectivity index (χ0) is 20.2. The molecule has 1 amide bonds. The van der Waals surface area contributed by atoms with Crippen LogP contribution in [0.4, 0.5) is 0 Å². The first-order chi connectivity index (χ1) is 14.2. The minimum absolute atomic E-state index is 0.143. The highest BCUT2D eigenvalue weighted by Crippen LogP contribution is 2.22. The van der Waals surface area contributed by atoms with Gasteiger partial charge in [-0.05, 0) is 43.0 Å². The van der Waals surface area contributed by atoms with Crippen molar-refractivity contribution < 1.29 is 9.53 Å². The van der Waals surface area contributed by atoms with E-state index in [1.165, 1.54) is 11.1 Å². The van der Waals surface area contributed by atoms with Crippen LogP contribution in [0.25, 0.3) is 11.2 Å². The predicted molar refractivity (Wildman–Crippen MR) is 113 cm³/mol. The molecule has 29 heavy (non-hydrogen) atoms. The second-order valence-electron chi connectivity index (χ2n) is 7.74. The van der Waals surface area contributed by atoms with Crippen LogP contribution < -0.4 is 0 Å². The molecule has 0 spiro atoms. The van der Waals surface area contributed by atoms with E-state index in [1.54, 1.807) is 13.3 Å². The molecule has 6 heteroatoms. The molecule has 1 aromatic carbocycles. The topological polar surface area (TPSA) is 60.2 Å². The van der Waals surface area contributed by atoms with Gasteiger partial charge in [-0.25, -0.2) is 9.97 Å². The van der Waals surface area contributed by atoms with Gasteiger partial charge in [0.15, 0.2) is 5.65 Å². The first kappa shape index (κ1) is 19.6. The Kier molecular flexibility index (Phi) is 5.90. The standard InChI is InChI=1S/C23H28N4O2/c1-17(16-29-2)27-21(25-20-9-6-13-24-23(20)27)10-5-11-22(28)26-14-12-18-7-3-4-8-19(18)15-26/h3-4,6-9,13,17H,5,10-12,14-16H2,1-2H3/t17-/m0/s1. The lowest BCUT2D eigenvalue weighted by Gasteiger charge is -2.29. The molecule has 0 saturated carbocycles. The smallest absolute Gasteiger partial charge is 0.222 e. The predicted octanol–water partition coefficient (Wildman–Crippen LogP) is 3.55. The van der Waals surface area contributed by atoms with Crippen molar-refractivity contribution in [2.24, 2.45) is 0 Å². The van der Waals surface area contributed by atoms with E-state index in [0.29, 0.717) is 13.0 Å². The number of hydrogen-bond acceptors (Lipinski definition) is 4. The average molecular weight is 393 g/mol. The summed E-state index contributed by atoms with van der Waals surface area (Å²) in [6, 6.07) is 12.4. The number of nitrogens with zero attached hydrogens (tertiary/aromatic N) is 4. The fourth-order valence-electron chi connectivity index (χ4n) is 4.20. The van der Waals surface area contributed by atoms with Gasteiger partial charge < -0.3 is 14.2 Å². The maximum Gasteiger partial charge on any atom is 0.222 e. The zero-order valence-electron chi connectivity index (χ0n) is 17.2. The lowest BCUT2D eigenvalue weighted by molar-refractivity contribution is -0.132. The molecule has 3 heterocycles. The molecule has 152 valence electrons. The van der Waals surface area contributed by atoms with E-state index in [-0.39, 0.29) is 11.9 Å². The summed E-state index contributed by atoms with van der Waals surface area (Å²) in [6.07, 6.45) is 4.80. The summed E-state index contributed by atoms with van der Waals surface area (Å²) in [5.74, 6) is 1.20. The van der Waals surface area contributed by atoms with Gasteiger partial charge in [-0.2, -0.15) is 0 Å². The average Bonchev–Trinajstić information content (AvgIpc) is 3.11. The van der Waals surface area contributed by atoms with E-state index < -0.39 is 0 Å². The number of benzene rings is 1. The van der Waals surface area contributed by atoms with Crippen LogP contribution in [0.5, 0.6) is 0 Å². The number of imidazole rings is 1. The molecule has 1 aliphatic heterocycles. The fraction of sp³-hybridized carbons (Fsp3) is 0.435. The summed E-state index contributed by atoms with van der Waals surface area (Å²) in [6.45, 7) is 4.24. The highest BCUT2D eigenvalue weighted by Gasteiger charge is 2.21. The summed E-state index contributed by atoms with van der Waals surface area (Å²) in [5, 5.41) is 0. The molecule has 0 saturated heterocycles. The molecule has 2 aromatic heterocycles. The zero-order valence-corrected chi connectivity index (χ0v) is 17.2. The highest BCUT2D eigenvalue weighted by atomic mass is 16.5. The van der Waals surface area contributed by atoms with Gasteiger partial charge in [0.05, 0.1) is 12.6 Å². The van der Waals surface area contributed by atoms with Crippen LogP contribution >= 0.6 is 0 Å². The van der Waals surface area contributed by atoms with Crippen molar-refractivity contribution in [1.82, 2.24) is 19.4 Å². The molecule has 0 aliphatic carbocycles. The Morgan fingerprint density at radius 3 is 2.86 bits per heavy atom. The molecule has 0 unspecified atom stereocenters. The summed E-state index contributed by atoms with van der Waals surface area (Å²) in [5.41, 5.74) is 4.41. The Bertz CT molecular complexity index is 997. The molecule has 3 aromatic rings. The number of hydrogen-bond donors (Lipinski definition) is 0. The number of pyridine rings is 1. The maximum absolute atomic E-state index is 12.8. The Morgan fingerprint density at radius 1 is 1.21 bits per heavy atom. The SMILES string of the molecule is COC[C@H](C)n1c(CCCC(=O)N2CCc3ccccc3C2)nc2cccnc21. The third-order valence-corrected chi connectivity index (χ3v) is 5.64. The monoisotopic (exact) mass is 392 g/mol. The Balaban J connectivity index is 1.41. The third-order valence-electron chi connectivity index (χ3n) is 5.64. The molecule has 1 atom stereocenters. The number of ether oxygens (including phenoxy) is 1. The van der Waals surface area contributed by atoms with Gasteiger partial charge in [-0.15, -0.1) is 0 Å². The molecule has 0 bridgehead atoms. The van der Waals surface area contributed by atoms with Gasteiger partial charge in [-0.1, -0.05) is 24.3 Å². The van der Waals surface area contributed by atoms with Crippen LogP contribution in [0, 0.1) is 0 Å². The van der Waals surface area contributed by atoms with Crippen molar-refractivity contribution in [3.8, 4) is 0 Å². The fourth-order valence-corrected chi connectivity index (χ4v) is 4.20. The number of rotatable bonds is 7. The summed E-state index contributed by atoms with van der Waals surface area (Å²) in [4.78, 5) is 24.0. The molecular formula is C23H28N4O2. The van der Waals surface area contributed by atoms with Crippen molar-refractivity contribution in [1.29, 1.82) is 0 Å². The van der Waals surface area contributed by atoms with Crippen LogP contribution in [-0.2, 0) is 28.9 Å². The number of carbonyl (C=O) groups excluding carboxylic acids is 1. The Labute approximate surface area is 171 Å². The van der Waals surface area contributed by atoms with Crippen molar-refractivity contribution in [3.63, 3.8) is 0 Å². The van der Waals surface area contributed by atoms with Crippen molar-refractivity contribution >= 4 is 17.1 Å². The second-order valence-corrected chi connectivity index (χ2v) is 7.74. The van der Waals surface area contributed by atoms with Gasteiger partial charge in [0.25, 0.3) is 0 Å². The molecule has 0 fully saturated rings. The van der Waals surface area contributed by atoms with Crippen LogP contribution in [0.3, 0.4) is 0 Å². The molecule has 4 rings (SSSR count). The van der Waals surface area contributed by atoms with Crippen molar-refractivity contribution in [2.75, 3.05) is 20.3 Å². The highest BCUT2D eigenvalue weighted by molar-refractivity contribution is 5.76. The summed E-state index contributed by atoms with van der Waals surface area (Å²) in [7, 11) is 1.71. The summed E-state index contributed by atoms with van der Waals surface area (Å²) < 4.78 is 7.50. The van der Waals surface area contributed by atoms with Crippen molar-refractivity contribution in [3.05, 3.63) is 59.5 Å². The van der Waals surface area contributed by atoms with Gasteiger partial charge in [0.1, 0.15) is 11.3 Å². The lowest BCUT2D eigenvalue weighted by Crippen LogP contribution is -2.35. The number of amides is 1. The number of carbonyl (C=O) groups is 1. The summed E-state index contributed by atoms with van der Waals surface area (Å²) >= 11 is 0. The normalized spacial score (nSPS) is 14.8. The van der Waals surface area contributed by atoms with Crippen LogP contribution in [0.15, 0.2) is 42.6 Å². The van der Waals surface area contributed by atoms with E-state index in [1.807, 2.05) is 23.1 Å². The largest absolute Gasteiger partial charge is 0.383 e. The molecular weight excluding hydrogens is 364 g/mol. The van der Waals surface area contributed by atoms with E-state index in [2.05, 4.69) is 34.7 Å². The number of aromatic nitrogens is 3. The van der Waals surface area contributed by atoms with Crippen molar-refractivity contribution in [2.45, 2.75) is 45.2 Å². The van der Waals surface area contributed by atoms with Crippen LogP contribution in [0.2, 0.25) is 0 Å².